The highest BCUT2D eigenvalue weighted by Gasteiger charge is 2.14. The van der Waals surface area contributed by atoms with E-state index in [1.165, 1.54) is 31.4 Å². The fourth-order valence-corrected chi connectivity index (χ4v) is 2.72. The Bertz CT molecular complexity index is 679. The van der Waals surface area contributed by atoms with Crippen molar-refractivity contribution in [2.24, 2.45) is 10.7 Å². The van der Waals surface area contributed by atoms with Crippen molar-refractivity contribution >= 4 is 5.96 Å². The van der Waals surface area contributed by atoms with E-state index >= 15 is 0 Å². The molecule has 1 aliphatic rings. The molecule has 0 aliphatic heterocycles. The molecule has 0 spiro atoms. The second kappa shape index (κ2) is 7.21. The maximum atomic E-state index is 13.2. The number of guanidine groups is 1. The standard InChI is InChI=1S/C16H20FN5O/c17-12-6-4-5-11(9-12)15-21-14(23-22-15)10-19-16(18)20-13-7-2-1-3-8-13/h4-6,9,13H,1-3,7-8,10H2,(H3,18,19,20). The number of aliphatic imine (C=N–C) groups is 1. The number of benzene rings is 1. The molecule has 2 aromatic rings. The Balaban J connectivity index is 1.59. The third-order valence-corrected chi connectivity index (χ3v) is 3.89. The summed E-state index contributed by atoms with van der Waals surface area (Å²) >= 11 is 0. The van der Waals surface area contributed by atoms with Gasteiger partial charge in [-0.25, -0.2) is 9.38 Å². The van der Waals surface area contributed by atoms with Gasteiger partial charge in [0.1, 0.15) is 12.4 Å². The lowest BCUT2D eigenvalue weighted by Crippen LogP contribution is -2.41. The Morgan fingerprint density at radius 2 is 2.17 bits per heavy atom. The molecule has 0 radical (unpaired) electrons. The van der Waals surface area contributed by atoms with Gasteiger partial charge < -0.3 is 15.6 Å². The smallest absolute Gasteiger partial charge is 0.248 e. The molecule has 0 unspecified atom stereocenters. The fraction of sp³-hybridized carbons (Fsp3) is 0.438. The predicted molar refractivity (Wildman–Crippen MR) is 85.0 cm³/mol. The summed E-state index contributed by atoms with van der Waals surface area (Å²) in [6, 6.07) is 6.45. The number of nitrogens with two attached hydrogens (primary N) is 1. The maximum absolute atomic E-state index is 13.2. The minimum Gasteiger partial charge on any atom is -0.370 e. The van der Waals surface area contributed by atoms with E-state index in [1.807, 2.05) is 0 Å². The van der Waals surface area contributed by atoms with Gasteiger partial charge in [0.2, 0.25) is 11.7 Å². The number of aromatic nitrogens is 2. The van der Waals surface area contributed by atoms with Crippen LogP contribution in [0.4, 0.5) is 4.39 Å². The molecule has 23 heavy (non-hydrogen) atoms. The van der Waals surface area contributed by atoms with Crippen molar-refractivity contribution in [1.29, 1.82) is 0 Å². The first-order valence-corrected chi connectivity index (χ1v) is 7.86. The number of halogens is 1. The summed E-state index contributed by atoms with van der Waals surface area (Å²) < 4.78 is 18.3. The number of rotatable bonds is 4. The first-order valence-electron chi connectivity index (χ1n) is 7.86. The van der Waals surface area contributed by atoms with Crippen LogP contribution >= 0.6 is 0 Å². The summed E-state index contributed by atoms with van der Waals surface area (Å²) in [5.41, 5.74) is 6.46. The molecule has 1 aromatic heterocycles. The lowest BCUT2D eigenvalue weighted by Gasteiger charge is -2.22. The molecule has 1 aliphatic carbocycles. The molecule has 0 amide bonds. The van der Waals surface area contributed by atoms with Crippen LogP contribution in [-0.2, 0) is 6.54 Å². The molecule has 7 heteroatoms. The van der Waals surface area contributed by atoms with Crippen LogP contribution in [0.25, 0.3) is 11.4 Å². The molecular weight excluding hydrogens is 297 g/mol. The summed E-state index contributed by atoms with van der Waals surface area (Å²) in [7, 11) is 0. The molecule has 3 rings (SSSR count). The van der Waals surface area contributed by atoms with Crippen molar-refractivity contribution in [1.82, 2.24) is 15.5 Å². The van der Waals surface area contributed by atoms with E-state index in [4.69, 9.17) is 10.3 Å². The van der Waals surface area contributed by atoms with Crippen LogP contribution in [0, 0.1) is 5.82 Å². The van der Waals surface area contributed by atoms with E-state index in [2.05, 4.69) is 20.4 Å². The van der Waals surface area contributed by atoms with Crippen LogP contribution in [0.1, 0.15) is 38.0 Å². The van der Waals surface area contributed by atoms with E-state index in [0.717, 1.165) is 12.8 Å². The number of hydrogen-bond donors (Lipinski definition) is 2. The Hall–Kier alpha value is -2.44. The van der Waals surface area contributed by atoms with E-state index < -0.39 is 0 Å². The number of nitrogens with zero attached hydrogens (tertiary/aromatic N) is 3. The number of nitrogens with one attached hydrogen (secondary N) is 1. The molecule has 1 heterocycles. The van der Waals surface area contributed by atoms with Gasteiger partial charge in [0.15, 0.2) is 5.96 Å². The quantitative estimate of drug-likeness (QED) is 0.668. The van der Waals surface area contributed by atoms with E-state index in [0.29, 0.717) is 29.3 Å². The summed E-state index contributed by atoms with van der Waals surface area (Å²) in [5.74, 6) is 0.737. The fourth-order valence-electron chi connectivity index (χ4n) is 2.72. The van der Waals surface area contributed by atoms with Gasteiger partial charge in [0, 0.05) is 11.6 Å². The van der Waals surface area contributed by atoms with Crippen molar-refractivity contribution in [2.75, 3.05) is 0 Å². The zero-order chi connectivity index (χ0) is 16.1. The van der Waals surface area contributed by atoms with E-state index in [1.54, 1.807) is 12.1 Å². The van der Waals surface area contributed by atoms with Crippen LogP contribution in [0.2, 0.25) is 0 Å². The van der Waals surface area contributed by atoms with Gasteiger partial charge in [-0.2, -0.15) is 4.98 Å². The van der Waals surface area contributed by atoms with Crippen molar-refractivity contribution in [3.8, 4) is 11.4 Å². The zero-order valence-electron chi connectivity index (χ0n) is 12.8. The van der Waals surface area contributed by atoms with E-state index in [-0.39, 0.29) is 12.4 Å². The van der Waals surface area contributed by atoms with Gasteiger partial charge in [0.05, 0.1) is 0 Å². The highest BCUT2D eigenvalue weighted by atomic mass is 19.1. The Kier molecular flexibility index (Phi) is 4.85. The van der Waals surface area contributed by atoms with Crippen LogP contribution in [0.3, 0.4) is 0 Å². The molecule has 122 valence electrons. The lowest BCUT2D eigenvalue weighted by molar-refractivity contribution is 0.380. The Morgan fingerprint density at radius 3 is 2.96 bits per heavy atom. The Labute approximate surface area is 134 Å². The molecule has 1 aromatic carbocycles. The van der Waals surface area contributed by atoms with Gasteiger partial charge >= 0.3 is 0 Å². The predicted octanol–water partition coefficient (Wildman–Crippen LogP) is 2.61. The van der Waals surface area contributed by atoms with Gasteiger partial charge in [-0.05, 0) is 25.0 Å². The molecule has 1 fully saturated rings. The zero-order valence-corrected chi connectivity index (χ0v) is 12.8. The van der Waals surface area contributed by atoms with Crippen molar-refractivity contribution in [2.45, 2.75) is 44.7 Å². The van der Waals surface area contributed by atoms with Crippen LogP contribution in [0.5, 0.6) is 0 Å². The van der Waals surface area contributed by atoms with Gasteiger partial charge in [-0.3, -0.25) is 0 Å². The largest absolute Gasteiger partial charge is 0.370 e. The van der Waals surface area contributed by atoms with Crippen LogP contribution in [0.15, 0.2) is 33.8 Å². The van der Waals surface area contributed by atoms with Gasteiger partial charge in [0.25, 0.3) is 0 Å². The number of hydrogen-bond acceptors (Lipinski definition) is 4. The molecular formula is C16H20FN5O. The lowest BCUT2D eigenvalue weighted by atomic mass is 9.96. The first kappa shape index (κ1) is 15.5. The van der Waals surface area contributed by atoms with Gasteiger partial charge in [-0.15, -0.1) is 0 Å². The minimum absolute atomic E-state index is 0.202. The molecule has 1 saturated carbocycles. The monoisotopic (exact) mass is 317 g/mol. The van der Waals surface area contributed by atoms with Crippen molar-refractivity contribution < 1.29 is 8.91 Å². The van der Waals surface area contributed by atoms with E-state index in [9.17, 15) is 4.39 Å². The highest BCUT2D eigenvalue weighted by molar-refractivity contribution is 5.78. The second-order valence-electron chi connectivity index (χ2n) is 5.70. The molecule has 6 nitrogen and oxygen atoms in total. The molecule has 0 saturated heterocycles. The summed E-state index contributed by atoms with van der Waals surface area (Å²) in [6.07, 6.45) is 6.00. The summed E-state index contributed by atoms with van der Waals surface area (Å²) in [5, 5.41) is 7.06. The first-order chi connectivity index (χ1) is 11.2. The minimum atomic E-state index is -0.340. The normalized spacial score (nSPS) is 16.5. The average molecular weight is 317 g/mol. The van der Waals surface area contributed by atoms with Crippen molar-refractivity contribution in [3.05, 3.63) is 36.0 Å². The van der Waals surface area contributed by atoms with Crippen LogP contribution in [-0.4, -0.2) is 22.1 Å². The topological polar surface area (TPSA) is 89.3 Å². The summed E-state index contributed by atoms with van der Waals surface area (Å²) in [6.45, 7) is 0.202. The second-order valence-corrected chi connectivity index (χ2v) is 5.70. The third kappa shape index (κ3) is 4.28. The van der Waals surface area contributed by atoms with Crippen molar-refractivity contribution in [3.63, 3.8) is 0 Å². The van der Waals surface area contributed by atoms with Gasteiger partial charge in [-0.1, -0.05) is 36.6 Å². The Morgan fingerprint density at radius 1 is 1.35 bits per heavy atom. The molecule has 3 N–H and O–H groups in total. The highest BCUT2D eigenvalue weighted by Crippen LogP contribution is 2.18. The third-order valence-electron chi connectivity index (χ3n) is 3.89. The molecule has 0 atom stereocenters. The maximum Gasteiger partial charge on any atom is 0.248 e. The average Bonchev–Trinajstić information content (AvgIpc) is 3.03. The SMILES string of the molecule is NC(=NCc1nc(-c2cccc(F)c2)no1)NC1CCCCC1. The summed E-state index contributed by atoms with van der Waals surface area (Å²) in [4.78, 5) is 8.43. The van der Waals surface area contributed by atoms with Crippen LogP contribution < -0.4 is 11.1 Å². The molecule has 0 bridgehead atoms.